The van der Waals surface area contributed by atoms with Crippen LogP contribution in [0.15, 0.2) is 77.2 Å². The summed E-state index contributed by atoms with van der Waals surface area (Å²) in [5, 5.41) is 24.7. The number of nitrogens with zero attached hydrogens (tertiary/aromatic N) is 9. The number of fused-ring (bicyclic) bond motifs is 5. The van der Waals surface area contributed by atoms with Crippen LogP contribution in [-0.4, -0.2) is 132 Å². The Balaban J connectivity index is 0.672. The number of aliphatic hydroxyl groups is 1. The summed E-state index contributed by atoms with van der Waals surface area (Å²) in [6.07, 6.45) is 7.75. The number of likely N-dealkylation sites (tertiary alicyclic amines) is 3. The Labute approximate surface area is 454 Å². The summed E-state index contributed by atoms with van der Waals surface area (Å²) in [5.74, 6) is 1.58. The fourth-order valence-corrected chi connectivity index (χ4v) is 14.8. The van der Waals surface area contributed by atoms with E-state index in [1.807, 2.05) is 51.5 Å². The summed E-state index contributed by atoms with van der Waals surface area (Å²) in [7, 11) is 0. The van der Waals surface area contributed by atoms with Crippen molar-refractivity contribution < 1.29 is 19.4 Å². The lowest BCUT2D eigenvalue weighted by atomic mass is 9.77. The molecule has 17 heteroatoms. The third-order valence-corrected chi connectivity index (χ3v) is 19.2. The van der Waals surface area contributed by atoms with E-state index in [1.54, 1.807) is 27.0 Å². The molecule has 6 aromatic rings. The van der Waals surface area contributed by atoms with E-state index >= 15 is 0 Å². The minimum Gasteiger partial charge on any atom is -0.391 e. The van der Waals surface area contributed by atoms with E-state index in [0.717, 1.165) is 129 Å². The van der Waals surface area contributed by atoms with Crippen molar-refractivity contribution in [2.45, 2.75) is 128 Å². The normalized spacial score (nSPS) is 24.2. The summed E-state index contributed by atoms with van der Waals surface area (Å²) >= 11 is 8.18. The lowest BCUT2D eigenvalue weighted by molar-refractivity contribution is -0.190. The van der Waals surface area contributed by atoms with Crippen LogP contribution in [0.5, 0.6) is 0 Å². The molecular weight excluding hydrogens is 996 g/mol. The topological polar surface area (TPSA) is 164 Å². The van der Waals surface area contributed by atoms with Crippen molar-refractivity contribution in [3.63, 3.8) is 0 Å². The molecule has 2 amide bonds. The maximum atomic E-state index is 14.9. The van der Waals surface area contributed by atoms with Crippen LogP contribution in [0.4, 0.5) is 0 Å². The Kier molecular flexibility index (Phi) is 13.4. The molecule has 0 radical (unpaired) electrons. The fourth-order valence-electron chi connectivity index (χ4n) is 13.7. The number of amides is 2. The number of benzene rings is 3. The van der Waals surface area contributed by atoms with Gasteiger partial charge in [-0.05, 0) is 130 Å². The number of hydrogen-bond donors (Lipinski definition) is 2. The quantitative estimate of drug-likeness (QED) is 0.121. The monoisotopic (exact) mass is 1070 g/mol. The first-order chi connectivity index (χ1) is 36.4. The number of β-amino-alcohol motifs (C(OH)–C–C–N with tert-alkyl or cyclic N) is 1. The van der Waals surface area contributed by atoms with Gasteiger partial charge < -0.3 is 25.0 Å². The number of nitrogens with one attached hydrogen (secondary N) is 1. The van der Waals surface area contributed by atoms with Crippen LogP contribution >= 0.6 is 22.9 Å². The van der Waals surface area contributed by atoms with Crippen molar-refractivity contribution >= 4 is 45.7 Å². The van der Waals surface area contributed by atoms with Gasteiger partial charge in [-0.2, -0.15) is 4.98 Å². The molecule has 5 fully saturated rings. The van der Waals surface area contributed by atoms with Gasteiger partial charge in [0.2, 0.25) is 11.8 Å². The number of aromatic nitrogens is 6. The number of ether oxygens (including phenoxy) is 1. The van der Waals surface area contributed by atoms with Gasteiger partial charge >= 0.3 is 0 Å². The Hall–Kier alpha value is -5.36. The summed E-state index contributed by atoms with van der Waals surface area (Å²) in [6.45, 7) is 19.7. The van der Waals surface area contributed by atoms with Crippen molar-refractivity contribution in [2.24, 2.45) is 16.7 Å². The van der Waals surface area contributed by atoms with Gasteiger partial charge in [0.25, 0.3) is 5.56 Å². The van der Waals surface area contributed by atoms with Crippen molar-refractivity contribution in [2.75, 3.05) is 59.0 Å². The first-order valence-electron chi connectivity index (χ1n) is 27.5. The molecule has 76 heavy (non-hydrogen) atoms. The molecule has 3 aromatic heterocycles. The minimum atomic E-state index is -0.834. The number of hydrogen-bond acceptors (Lipinski definition) is 12. The number of aliphatic hydroxyl groups excluding tert-OH is 1. The van der Waals surface area contributed by atoms with Crippen LogP contribution in [0, 0.1) is 23.7 Å². The van der Waals surface area contributed by atoms with Crippen molar-refractivity contribution in [3.05, 3.63) is 122 Å². The van der Waals surface area contributed by atoms with Crippen LogP contribution in [0.3, 0.4) is 0 Å². The van der Waals surface area contributed by atoms with Gasteiger partial charge in [0.1, 0.15) is 17.9 Å². The molecule has 1 spiro atoms. The van der Waals surface area contributed by atoms with Crippen molar-refractivity contribution in [1.82, 2.24) is 49.5 Å². The van der Waals surface area contributed by atoms with Gasteiger partial charge in [-0.25, -0.2) is 9.67 Å². The van der Waals surface area contributed by atoms with Crippen molar-refractivity contribution in [3.8, 4) is 16.1 Å². The van der Waals surface area contributed by atoms with Gasteiger partial charge in [0.15, 0.2) is 0 Å². The number of halogens is 1. The van der Waals surface area contributed by atoms with Gasteiger partial charge in [-0.1, -0.05) is 80.1 Å². The maximum absolute atomic E-state index is 14.9. The summed E-state index contributed by atoms with van der Waals surface area (Å²) in [4.78, 5) is 59.4. The minimum absolute atomic E-state index is 0.0757. The molecule has 12 rings (SSSR count). The lowest BCUT2D eigenvalue weighted by Crippen LogP contribution is -2.66. The van der Waals surface area contributed by atoms with Crippen LogP contribution in [0.1, 0.15) is 137 Å². The van der Waals surface area contributed by atoms with Crippen LogP contribution in [0.2, 0.25) is 5.02 Å². The number of carbonyl (C=O) groups is 2. The molecule has 0 bridgehead atoms. The zero-order chi connectivity index (χ0) is 52.8. The standard InChI is InChI=1S/C59H71ClN10O5S/c1-35-51(76-34-61-35)40-16-14-38(15-17-40)45(28-67-30-59(31-67)32-75-33-59)62-53(72)49-25-42(71)27-68(49)55(74)52(57(2,3)4)69-29-46(64-65-69)39-12-10-36(11-13-39)26-66-22-20-37(21-23-66)41-18-19-43-48(24-41)70-47-9-7-8-44(60)50(47)54(73)63-56(70)58(43,5)6/h7-9,14-19,24,29,34,36-37,39,42,45,49,52,71H,10-13,20-23,25-28,30-33H2,1-6H3,(H,62,72)/t36?,39?,42-,45+,49+,52-/m1/s1. The Bertz CT molecular complexity index is 3230. The number of carbonyl (C=O) groups excluding carboxylic acids is 2. The third-order valence-electron chi connectivity index (χ3n) is 17.9. The lowest BCUT2D eigenvalue weighted by Gasteiger charge is -2.55. The van der Waals surface area contributed by atoms with E-state index < -0.39 is 29.0 Å². The molecular formula is C59H71ClN10O5S. The summed E-state index contributed by atoms with van der Waals surface area (Å²) < 4.78 is 9.43. The molecule has 4 saturated heterocycles. The molecule has 8 heterocycles. The predicted octanol–water partition coefficient (Wildman–Crippen LogP) is 8.59. The summed E-state index contributed by atoms with van der Waals surface area (Å²) in [5.41, 5.74) is 9.23. The summed E-state index contributed by atoms with van der Waals surface area (Å²) in [6, 6.07) is 19.0. The Morgan fingerprint density at radius 1 is 0.961 bits per heavy atom. The third kappa shape index (κ3) is 9.41. The highest BCUT2D eigenvalue weighted by Gasteiger charge is 2.50. The van der Waals surface area contributed by atoms with E-state index in [2.05, 4.69) is 91.2 Å². The van der Waals surface area contributed by atoms with Gasteiger partial charge in [0.05, 0.1) is 74.2 Å². The second-order valence-corrected chi connectivity index (χ2v) is 26.1. The molecule has 5 aliphatic heterocycles. The van der Waals surface area contributed by atoms with E-state index in [4.69, 9.17) is 21.4 Å². The van der Waals surface area contributed by atoms with E-state index in [1.165, 1.54) is 11.1 Å². The van der Waals surface area contributed by atoms with Gasteiger partial charge in [-0.3, -0.25) is 23.9 Å². The van der Waals surface area contributed by atoms with Crippen LogP contribution in [-0.2, 0) is 19.7 Å². The molecule has 3 aromatic carbocycles. The average Bonchev–Trinajstić information content (AvgIpc) is 4.25. The first-order valence-corrected chi connectivity index (χ1v) is 28.8. The Morgan fingerprint density at radius 2 is 1.71 bits per heavy atom. The van der Waals surface area contributed by atoms with Gasteiger partial charge in [0, 0.05) is 56.7 Å². The average molecular weight is 1070 g/mol. The number of piperidine rings is 1. The molecule has 1 saturated carbocycles. The zero-order valence-electron chi connectivity index (χ0n) is 44.7. The largest absolute Gasteiger partial charge is 0.391 e. The van der Waals surface area contributed by atoms with Crippen LogP contribution < -0.4 is 10.9 Å². The van der Waals surface area contributed by atoms with E-state index in [9.17, 15) is 19.5 Å². The molecule has 4 atom stereocenters. The Morgan fingerprint density at radius 3 is 2.39 bits per heavy atom. The number of rotatable bonds is 12. The molecule has 1 aliphatic carbocycles. The second-order valence-electron chi connectivity index (χ2n) is 24.8. The maximum Gasteiger partial charge on any atom is 0.282 e. The highest BCUT2D eigenvalue weighted by molar-refractivity contribution is 7.13. The highest BCUT2D eigenvalue weighted by atomic mass is 35.5. The smallest absolute Gasteiger partial charge is 0.282 e. The predicted molar refractivity (Wildman–Crippen MR) is 295 cm³/mol. The van der Waals surface area contributed by atoms with E-state index in [-0.39, 0.29) is 47.7 Å². The number of thiazole rings is 1. The highest BCUT2D eigenvalue weighted by Crippen LogP contribution is 2.46. The fraction of sp³-hybridized carbons (Fsp3) is 0.542. The van der Waals surface area contributed by atoms with Crippen molar-refractivity contribution in [1.29, 1.82) is 0 Å². The SMILES string of the molecule is Cc1ncsc1-c1ccc([C@H](CN2CC3(COC3)C2)NC(=O)[C@@H]2C[C@@H](O)CN2C(=O)[C@@H](n2cc(C3CCC(CN4CCC(c5ccc6c(c5)-n5c(nc(=O)c7c(Cl)cccc75)C6(C)C)CC4)CC3)nn2)C(C)(C)C)cc1. The molecule has 6 aliphatic rings. The van der Waals surface area contributed by atoms with E-state index in [0.29, 0.717) is 28.8 Å². The molecule has 2 N–H and O–H groups in total. The zero-order valence-corrected chi connectivity index (χ0v) is 46.2. The first kappa shape index (κ1) is 51.4. The molecule has 400 valence electrons. The van der Waals surface area contributed by atoms with Gasteiger partial charge in [-0.15, -0.1) is 16.4 Å². The molecule has 15 nitrogen and oxygen atoms in total. The molecule has 0 unspecified atom stereocenters. The van der Waals surface area contributed by atoms with Crippen LogP contribution in [0.25, 0.3) is 27.0 Å². The number of aryl methyl sites for hydroxylation is 1. The second kappa shape index (κ2) is 19.8.